The van der Waals surface area contributed by atoms with Crippen molar-refractivity contribution < 1.29 is 18.3 Å². The van der Waals surface area contributed by atoms with E-state index in [0.29, 0.717) is 27.2 Å². The lowest BCUT2D eigenvalue weighted by Gasteiger charge is -2.24. The number of hydrogen-bond donors (Lipinski definition) is 2. The zero-order chi connectivity index (χ0) is 22.9. The number of amidine groups is 1. The molecule has 0 bridgehead atoms. The normalized spacial score (nSPS) is 18.5. The number of anilines is 1. The van der Waals surface area contributed by atoms with E-state index < -0.39 is 15.7 Å². The molecule has 0 aliphatic carbocycles. The molecule has 0 aromatic heterocycles. The van der Waals surface area contributed by atoms with Gasteiger partial charge in [0, 0.05) is 21.3 Å². The van der Waals surface area contributed by atoms with Crippen LogP contribution in [-0.4, -0.2) is 38.2 Å². The lowest BCUT2D eigenvalue weighted by molar-refractivity contribution is 0.0178. The number of halogens is 2. The van der Waals surface area contributed by atoms with Crippen LogP contribution in [0.25, 0.3) is 0 Å². The van der Waals surface area contributed by atoms with Crippen LogP contribution in [0.4, 0.5) is 5.69 Å². The first-order chi connectivity index (χ1) is 15.1. The fourth-order valence-electron chi connectivity index (χ4n) is 3.28. The van der Waals surface area contributed by atoms with Crippen LogP contribution >= 0.6 is 23.2 Å². The lowest BCUT2D eigenvalue weighted by Crippen LogP contribution is -2.40. The van der Waals surface area contributed by atoms with E-state index in [9.17, 15) is 13.5 Å². The van der Waals surface area contributed by atoms with E-state index in [0.717, 1.165) is 5.69 Å². The number of ether oxygens (including phenoxy) is 1. The first kappa shape index (κ1) is 22.6. The fraction of sp³-hybridized carbons (Fsp3) is 0.136. The van der Waals surface area contributed by atoms with Crippen LogP contribution < -0.4 is 14.8 Å². The summed E-state index contributed by atoms with van der Waals surface area (Å²) < 4.78 is 28.9. The van der Waals surface area contributed by atoms with Crippen molar-refractivity contribution in [1.82, 2.24) is 0 Å². The van der Waals surface area contributed by atoms with Gasteiger partial charge in [-0.3, -0.25) is 0 Å². The summed E-state index contributed by atoms with van der Waals surface area (Å²) in [5, 5.41) is 17.5. The van der Waals surface area contributed by atoms with Gasteiger partial charge in [0.2, 0.25) is 15.7 Å². The SMILES string of the molecule is NS(=O)(=O)c1ccc(C2=NC(O)(COc3ccc(Cl)cc3)CN2c2ccc(Cl)cc2)cc1. The molecule has 1 unspecified atom stereocenters. The Morgan fingerprint density at radius 1 is 0.969 bits per heavy atom. The van der Waals surface area contributed by atoms with Crippen molar-refractivity contribution in [3.63, 3.8) is 0 Å². The number of rotatable bonds is 6. The van der Waals surface area contributed by atoms with Gasteiger partial charge >= 0.3 is 0 Å². The van der Waals surface area contributed by atoms with Crippen molar-refractivity contribution in [1.29, 1.82) is 0 Å². The van der Waals surface area contributed by atoms with Gasteiger partial charge in [-0.05, 0) is 72.8 Å². The molecule has 7 nitrogen and oxygen atoms in total. The largest absolute Gasteiger partial charge is 0.488 e. The molecule has 0 amide bonds. The number of aliphatic hydroxyl groups is 1. The predicted octanol–water partition coefficient (Wildman–Crippen LogP) is 3.68. The summed E-state index contributed by atoms with van der Waals surface area (Å²) >= 11 is 11.9. The van der Waals surface area contributed by atoms with Gasteiger partial charge in [0.15, 0.2) is 0 Å². The Hall–Kier alpha value is -2.62. The van der Waals surface area contributed by atoms with Crippen LogP contribution in [0.2, 0.25) is 10.0 Å². The van der Waals surface area contributed by atoms with Gasteiger partial charge in [0.25, 0.3) is 0 Å². The molecule has 0 saturated carbocycles. The third-order valence-electron chi connectivity index (χ3n) is 4.84. The Morgan fingerprint density at radius 2 is 1.53 bits per heavy atom. The minimum atomic E-state index is -3.83. The highest BCUT2D eigenvalue weighted by atomic mass is 35.5. The number of β-amino-alcohol motifs (C(OH)–C–C–N with tert-alkyl or cyclic N) is 1. The van der Waals surface area contributed by atoms with Gasteiger partial charge < -0.3 is 14.7 Å². The molecule has 1 heterocycles. The van der Waals surface area contributed by atoms with Crippen LogP contribution in [-0.2, 0) is 10.0 Å². The summed E-state index contributed by atoms with van der Waals surface area (Å²) in [6.45, 7) is 0.0198. The average Bonchev–Trinajstić information content (AvgIpc) is 3.11. The predicted molar refractivity (Wildman–Crippen MR) is 125 cm³/mol. The molecule has 1 aliphatic heterocycles. The average molecular weight is 492 g/mol. The summed E-state index contributed by atoms with van der Waals surface area (Å²) in [6.07, 6.45) is 0. The molecule has 4 rings (SSSR count). The maximum absolute atomic E-state index is 11.6. The van der Waals surface area contributed by atoms with Crippen molar-refractivity contribution >= 4 is 44.7 Å². The van der Waals surface area contributed by atoms with Crippen LogP contribution in [0, 0.1) is 0 Å². The second kappa shape index (κ2) is 8.73. The van der Waals surface area contributed by atoms with Crippen molar-refractivity contribution in [2.24, 2.45) is 10.1 Å². The van der Waals surface area contributed by atoms with Crippen LogP contribution in [0.5, 0.6) is 5.75 Å². The maximum atomic E-state index is 11.6. The molecule has 0 fully saturated rings. The number of sulfonamides is 1. The Labute approximate surface area is 195 Å². The second-order valence-electron chi connectivity index (χ2n) is 7.29. The molecular formula is C22H19Cl2N3O4S. The number of primary sulfonamides is 1. The first-order valence-electron chi connectivity index (χ1n) is 9.50. The van der Waals surface area contributed by atoms with Gasteiger partial charge in [-0.25, -0.2) is 18.5 Å². The van der Waals surface area contributed by atoms with Gasteiger partial charge in [-0.2, -0.15) is 0 Å². The molecule has 3 N–H and O–H groups in total. The van der Waals surface area contributed by atoms with Gasteiger partial charge in [-0.15, -0.1) is 0 Å². The molecule has 0 radical (unpaired) electrons. The molecule has 166 valence electrons. The van der Waals surface area contributed by atoms with Crippen LogP contribution in [0.15, 0.2) is 82.7 Å². The Morgan fingerprint density at radius 3 is 2.09 bits per heavy atom. The molecule has 1 aliphatic rings. The monoisotopic (exact) mass is 491 g/mol. The second-order valence-corrected chi connectivity index (χ2v) is 9.73. The topological polar surface area (TPSA) is 105 Å². The maximum Gasteiger partial charge on any atom is 0.238 e. The van der Waals surface area contributed by atoms with E-state index in [1.807, 2.05) is 17.0 Å². The summed E-state index contributed by atoms with van der Waals surface area (Å²) in [5.74, 6) is 0.998. The molecule has 3 aromatic rings. The van der Waals surface area contributed by atoms with Crippen LogP contribution in [0.3, 0.4) is 0 Å². The highest BCUT2D eigenvalue weighted by molar-refractivity contribution is 7.89. The van der Waals surface area contributed by atoms with Crippen LogP contribution in [0.1, 0.15) is 5.56 Å². The summed E-state index contributed by atoms with van der Waals surface area (Å²) in [5.41, 5.74) is -0.186. The Kier molecular flexibility index (Phi) is 6.15. The summed E-state index contributed by atoms with van der Waals surface area (Å²) in [6, 6.07) is 19.9. The minimum absolute atomic E-state index is 0.0146. The third-order valence-corrected chi connectivity index (χ3v) is 6.28. The Balaban J connectivity index is 1.66. The lowest BCUT2D eigenvalue weighted by atomic mass is 10.1. The quantitative estimate of drug-likeness (QED) is 0.547. The fourth-order valence-corrected chi connectivity index (χ4v) is 4.04. The minimum Gasteiger partial charge on any atom is -0.488 e. The molecule has 0 saturated heterocycles. The van der Waals surface area contributed by atoms with Gasteiger partial charge in [-0.1, -0.05) is 23.2 Å². The highest BCUT2D eigenvalue weighted by Crippen LogP contribution is 2.30. The molecule has 3 aromatic carbocycles. The van der Waals surface area contributed by atoms with E-state index >= 15 is 0 Å². The molecule has 32 heavy (non-hydrogen) atoms. The van der Waals surface area contributed by atoms with E-state index in [4.69, 9.17) is 33.1 Å². The highest BCUT2D eigenvalue weighted by Gasteiger charge is 2.39. The Bertz CT molecular complexity index is 1250. The zero-order valence-corrected chi connectivity index (χ0v) is 19.0. The van der Waals surface area contributed by atoms with E-state index in [2.05, 4.69) is 4.99 Å². The molecular weight excluding hydrogens is 473 g/mol. The number of hydrogen-bond acceptors (Lipinski definition) is 6. The number of nitrogens with two attached hydrogens (primary N) is 1. The molecule has 0 spiro atoms. The number of aliphatic imine (C=N–C) groups is 1. The van der Waals surface area contributed by atoms with E-state index in [1.165, 1.54) is 12.1 Å². The first-order valence-corrected chi connectivity index (χ1v) is 11.8. The van der Waals surface area contributed by atoms with Gasteiger partial charge in [0.05, 0.1) is 11.4 Å². The van der Waals surface area contributed by atoms with Crippen molar-refractivity contribution in [3.05, 3.63) is 88.4 Å². The van der Waals surface area contributed by atoms with E-state index in [1.54, 1.807) is 48.5 Å². The van der Waals surface area contributed by atoms with Crippen molar-refractivity contribution in [2.45, 2.75) is 10.6 Å². The third kappa shape index (κ3) is 5.06. The zero-order valence-electron chi connectivity index (χ0n) is 16.7. The number of benzene rings is 3. The molecule has 1 atom stereocenters. The van der Waals surface area contributed by atoms with Crippen molar-refractivity contribution in [3.8, 4) is 5.75 Å². The molecule has 10 heteroatoms. The standard InChI is InChI=1S/C22H19Cl2N3O4S/c23-16-3-7-18(8-4-16)27-13-22(28,14-31-19-9-5-17(24)6-10-19)26-21(27)15-1-11-20(12-2-15)32(25,29)30/h1-12,28H,13-14H2,(H2,25,29,30). The summed E-state index contributed by atoms with van der Waals surface area (Å²) in [4.78, 5) is 6.33. The smallest absolute Gasteiger partial charge is 0.238 e. The summed E-state index contributed by atoms with van der Waals surface area (Å²) in [7, 11) is -3.83. The number of nitrogens with zero attached hydrogens (tertiary/aromatic N) is 2. The van der Waals surface area contributed by atoms with Crippen molar-refractivity contribution in [2.75, 3.05) is 18.1 Å². The van der Waals surface area contributed by atoms with Gasteiger partial charge in [0.1, 0.15) is 18.2 Å². The van der Waals surface area contributed by atoms with E-state index in [-0.39, 0.29) is 18.0 Å².